The van der Waals surface area contributed by atoms with Crippen LogP contribution in [0.2, 0.25) is 0 Å². The molecule has 0 amide bonds. The molecule has 1 saturated heterocycles. The van der Waals surface area contributed by atoms with Gasteiger partial charge >= 0.3 is 5.97 Å². The van der Waals surface area contributed by atoms with E-state index in [1.54, 1.807) is 0 Å². The highest BCUT2D eigenvalue weighted by Gasteiger charge is 2.60. The van der Waals surface area contributed by atoms with Gasteiger partial charge in [-0.1, -0.05) is 45.4 Å². The quantitative estimate of drug-likeness (QED) is 0.0497. The van der Waals surface area contributed by atoms with Gasteiger partial charge in [0.15, 0.2) is 11.8 Å². The van der Waals surface area contributed by atoms with E-state index in [4.69, 9.17) is 5.11 Å². The van der Waals surface area contributed by atoms with Crippen LogP contribution in [0.1, 0.15) is 125 Å². The van der Waals surface area contributed by atoms with Gasteiger partial charge in [-0.25, -0.2) is 13.0 Å². The predicted octanol–water partition coefficient (Wildman–Crippen LogP) is 7.19. The Morgan fingerprint density at radius 2 is 1.74 bits per heavy atom. The number of carboxylic acids is 1. The number of hydrogen-bond acceptors (Lipinski definition) is 7. The first-order valence-corrected chi connectivity index (χ1v) is 20.8. The van der Waals surface area contributed by atoms with E-state index < -0.39 is 27.4 Å². The summed E-state index contributed by atoms with van der Waals surface area (Å²) < 4.78 is 38.4. The first kappa shape index (κ1) is 38.7. The monoisotopic (exact) mass is 715 g/mol. The molecule has 0 aromatic rings. The molecule has 50 heavy (non-hydrogen) atoms. The number of carboxylic acid groups (broad SMARTS) is 1. The molecule has 11 heteroatoms. The average Bonchev–Trinajstić information content (AvgIpc) is 3.40. The molecule has 0 aromatic carbocycles. The third-order valence-corrected chi connectivity index (χ3v) is 14.7. The Bertz CT molecular complexity index is 1500. The number of aliphatic carboxylic acids is 1. The van der Waals surface area contributed by atoms with Crippen molar-refractivity contribution in [1.29, 1.82) is 0 Å². The summed E-state index contributed by atoms with van der Waals surface area (Å²) >= 11 is 0. The van der Waals surface area contributed by atoms with Crippen LogP contribution in [0.5, 0.6) is 0 Å². The Morgan fingerprint density at radius 3 is 2.42 bits per heavy atom. The van der Waals surface area contributed by atoms with E-state index in [2.05, 4.69) is 74.5 Å². The van der Waals surface area contributed by atoms with Gasteiger partial charge in [-0.15, -0.1) is 0 Å². The molecule has 2 aliphatic heterocycles. The molecule has 10 nitrogen and oxygen atoms in total. The second-order valence-corrected chi connectivity index (χ2v) is 18.7. The van der Waals surface area contributed by atoms with E-state index in [-0.39, 0.29) is 34.0 Å². The Labute approximate surface area is 300 Å². The Balaban J connectivity index is 1.38. The summed E-state index contributed by atoms with van der Waals surface area (Å²) in [4.78, 5) is 25.3. The molecule has 0 radical (unpaired) electrons. The minimum Gasteiger partial charge on any atom is -0.748 e. The summed E-state index contributed by atoms with van der Waals surface area (Å²) in [6.45, 7) is 13.2. The van der Waals surface area contributed by atoms with Gasteiger partial charge in [-0.2, -0.15) is 0 Å². The standard InChI is InChI=1S/C39H61N3O7S/c1-6-7-23-40-32-22-18-28(42(45)46)26-31(32)38(2,3)34(40)14-10-8-11-15-35-39(4,5)37-30-20-19-29(50(47,48)49)25-27(30)17-21-33(37)41(35)24-13-9-12-16-36(43)44/h8,10-11,14-15,27-33,37H,6-7,9,12-13,16-26H2,1-5H3,(H-,43,44,47,48,49). The van der Waals surface area contributed by atoms with Crippen molar-refractivity contribution in [2.75, 3.05) is 13.1 Å². The third kappa shape index (κ3) is 7.93. The smallest absolute Gasteiger partial charge is 0.303 e. The van der Waals surface area contributed by atoms with Crippen molar-refractivity contribution in [3.63, 3.8) is 0 Å². The molecule has 0 spiro atoms. The van der Waals surface area contributed by atoms with Gasteiger partial charge in [0, 0.05) is 78.0 Å². The van der Waals surface area contributed by atoms with Crippen LogP contribution in [0.4, 0.5) is 0 Å². The van der Waals surface area contributed by atoms with Crippen molar-refractivity contribution in [1.82, 2.24) is 4.90 Å². The molecule has 280 valence electrons. The summed E-state index contributed by atoms with van der Waals surface area (Å²) in [5, 5.41) is 20.1. The lowest BCUT2D eigenvalue weighted by Crippen LogP contribution is -2.48. The molecule has 5 rings (SSSR count). The van der Waals surface area contributed by atoms with Gasteiger partial charge in [0.2, 0.25) is 6.04 Å². The topological polar surface area (TPSA) is 144 Å². The van der Waals surface area contributed by atoms with Crippen LogP contribution in [-0.4, -0.2) is 80.6 Å². The summed E-state index contributed by atoms with van der Waals surface area (Å²) in [5.41, 5.74) is 2.26. The van der Waals surface area contributed by atoms with Gasteiger partial charge in [0.25, 0.3) is 0 Å². The molecule has 3 saturated carbocycles. The largest absolute Gasteiger partial charge is 0.748 e. The molecular formula is C39H61N3O7S. The van der Waals surface area contributed by atoms with E-state index in [9.17, 15) is 27.9 Å². The highest BCUT2D eigenvalue weighted by atomic mass is 32.2. The summed E-state index contributed by atoms with van der Waals surface area (Å²) in [5.74, 6) is 0.486. The lowest BCUT2D eigenvalue weighted by Gasteiger charge is -2.47. The molecule has 3 aliphatic carbocycles. The second-order valence-electron chi connectivity index (χ2n) is 17.0. The lowest BCUT2D eigenvalue weighted by molar-refractivity contribution is -0.569. The number of likely N-dealkylation sites (tertiary alicyclic amines) is 1. The first-order valence-electron chi connectivity index (χ1n) is 19.3. The minimum atomic E-state index is -4.29. The number of allylic oxidation sites excluding steroid dienone is 6. The fourth-order valence-corrected chi connectivity index (χ4v) is 12.0. The predicted molar refractivity (Wildman–Crippen MR) is 195 cm³/mol. The van der Waals surface area contributed by atoms with Crippen LogP contribution in [-0.2, 0) is 14.9 Å². The number of unbranched alkanes of at least 4 members (excludes halogenated alkanes) is 3. The molecule has 8 atom stereocenters. The van der Waals surface area contributed by atoms with Crippen molar-refractivity contribution < 1.29 is 32.4 Å². The third-order valence-electron chi connectivity index (χ3n) is 13.5. The zero-order chi connectivity index (χ0) is 36.4. The van der Waals surface area contributed by atoms with E-state index in [1.807, 2.05) is 0 Å². The Morgan fingerprint density at radius 1 is 0.980 bits per heavy atom. The van der Waals surface area contributed by atoms with Crippen molar-refractivity contribution in [3.8, 4) is 0 Å². The first-order chi connectivity index (χ1) is 23.6. The van der Waals surface area contributed by atoms with Crippen molar-refractivity contribution in [3.05, 3.63) is 46.2 Å². The number of rotatable bonds is 14. The van der Waals surface area contributed by atoms with E-state index >= 15 is 0 Å². The fraction of sp³-hybridized carbons (Fsp3) is 0.795. The fourth-order valence-electron chi connectivity index (χ4n) is 11.1. The minimum absolute atomic E-state index is 0.0745. The number of nitro groups is 1. The highest BCUT2D eigenvalue weighted by molar-refractivity contribution is 7.86. The van der Waals surface area contributed by atoms with E-state index in [0.29, 0.717) is 56.0 Å². The highest BCUT2D eigenvalue weighted by Crippen LogP contribution is 2.56. The number of hydrogen-bond donors (Lipinski definition) is 1. The van der Waals surface area contributed by atoms with Gasteiger partial charge in [0.05, 0.1) is 15.5 Å². The van der Waals surface area contributed by atoms with Crippen molar-refractivity contribution in [2.45, 2.75) is 148 Å². The zero-order valence-electron chi connectivity index (χ0n) is 31.0. The van der Waals surface area contributed by atoms with Crippen molar-refractivity contribution in [2.24, 2.45) is 34.5 Å². The number of fused-ring (bicyclic) bond motifs is 4. The maximum Gasteiger partial charge on any atom is 0.303 e. The van der Waals surface area contributed by atoms with Gasteiger partial charge in [-0.05, 0) is 89.0 Å². The van der Waals surface area contributed by atoms with Gasteiger partial charge in [-0.3, -0.25) is 14.9 Å². The summed E-state index contributed by atoms with van der Waals surface area (Å²) in [7, 11) is -4.29. The molecule has 0 aromatic heterocycles. The average molecular weight is 716 g/mol. The van der Waals surface area contributed by atoms with Gasteiger partial charge < -0.3 is 14.6 Å². The second kappa shape index (κ2) is 15.6. The van der Waals surface area contributed by atoms with E-state index in [0.717, 1.165) is 64.5 Å². The zero-order valence-corrected chi connectivity index (χ0v) is 31.8. The van der Waals surface area contributed by atoms with E-state index in [1.165, 1.54) is 11.4 Å². The maximum absolute atomic E-state index is 11.9. The Kier molecular flexibility index (Phi) is 12.1. The normalized spacial score (nSPS) is 34.4. The molecule has 5 aliphatic rings. The molecule has 8 unspecified atom stereocenters. The van der Waals surface area contributed by atoms with Crippen LogP contribution in [0.15, 0.2) is 36.1 Å². The molecule has 2 heterocycles. The molecule has 4 fully saturated rings. The summed E-state index contributed by atoms with van der Waals surface area (Å²) in [6, 6.07) is 0.231. The molecule has 0 bridgehead atoms. The van der Waals surface area contributed by atoms with Crippen molar-refractivity contribution >= 4 is 21.8 Å². The van der Waals surface area contributed by atoms with Crippen LogP contribution >= 0.6 is 0 Å². The molecular weight excluding hydrogens is 655 g/mol. The van der Waals surface area contributed by atoms with Crippen LogP contribution in [0, 0.1) is 44.6 Å². The maximum atomic E-state index is 11.9. The number of nitrogens with zero attached hydrogens (tertiary/aromatic N) is 3. The number of carbonyl (C=O) groups is 1. The Hall–Kier alpha value is -2.53. The van der Waals surface area contributed by atoms with Crippen LogP contribution < -0.4 is 0 Å². The SMILES string of the molecule is CCCCN1/C(=C/C=C/C=C/C2=[N+](CCCCCC(=O)O)C3CCC4CC(S(=O)(=O)[O-])CCC4C3C2(C)C)C(C)(C)C2CC([N+](=O)[O-])CCC21. The lowest BCUT2D eigenvalue weighted by atomic mass is 9.57. The van der Waals surface area contributed by atoms with Gasteiger partial charge in [0.1, 0.15) is 6.54 Å². The summed E-state index contributed by atoms with van der Waals surface area (Å²) in [6.07, 6.45) is 21.4. The van der Waals surface area contributed by atoms with Crippen LogP contribution in [0.25, 0.3) is 0 Å². The van der Waals surface area contributed by atoms with Crippen LogP contribution in [0.3, 0.4) is 0 Å². The molecule has 1 N–H and O–H groups in total.